The lowest BCUT2D eigenvalue weighted by molar-refractivity contribution is 0.185. The summed E-state index contributed by atoms with van der Waals surface area (Å²) in [5, 5.41) is 0. The van der Waals surface area contributed by atoms with E-state index < -0.39 is 0 Å². The van der Waals surface area contributed by atoms with E-state index in [0.29, 0.717) is 0 Å². The molecule has 2 aromatic carbocycles. The third-order valence-electron chi connectivity index (χ3n) is 3.81. The first-order valence-electron chi connectivity index (χ1n) is 6.83. The molecule has 3 heteroatoms. The van der Waals surface area contributed by atoms with Crippen molar-refractivity contribution in [2.45, 2.75) is 25.5 Å². The maximum atomic E-state index is 6.32. The van der Waals surface area contributed by atoms with Crippen molar-refractivity contribution in [3.63, 3.8) is 0 Å². The Morgan fingerprint density at radius 1 is 1.10 bits per heavy atom. The molecule has 0 fully saturated rings. The van der Waals surface area contributed by atoms with Crippen molar-refractivity contribution >= 4 is 0 Å². The number of rotatable bonds is 3. The van der Waals surface area contributed by atoms with Crippen molar-refractivity contribution in [1.82, 2.24) is 0 Å². The monoisotopic (exact) mass is 269 g/mol. The van der Waals surface area contributed by atoms with Crippen LogP contribution in [0.2, 0.25) is 0 Å². The SMILES string of the molecule is COc1ccc2c(c1)C(N)C(Oc1cccc(C)c1)C2. The quantitative estimate of drug-likeness (QED) is 0.931. The molecule has 1 aliphatic rings. The summed E-state index contributed by atoms with van der Waals surface area (Å²) in [6, 6.07) is 14.0. The van der Waals surface area contributed by atoms with Crippen LogP contribution < -0.4 is 15.2 Å². The van der Waals surface area contributed by atoms with Crippen molar-refractivity contribution in [2.24, 2.45) is 5.73 Å². The van der Waals surface area contributed by atoms with Crippen molar-refractivity contribution < 1.29 is 9.47 Å². The van der Waals surface area contributed by atoms with Crippen LogP contribution in [-0.2, 0) is 6.42 Å². The highest BCUT2D eigenvalue weighted by atomic mass is 16.5. The van der Waals surface area contributed by atoms with E-state index in [1.165, 1.54) is 11.1 Å². The highest BCUT2D eigenvalue weighted by Crippen LogP contribution is 2.34. The van der Waals surface area contributed by atoms with E-state index in [1.54, 1.807) is 7.11 Å². The summed E-state index contributed by atoms with van der Waals surface area (Å²) in [6.07, 6.45) is 0.827. The molecule has 0 bridgehead atoms. The number of ether oxygens (including phenoxy) is 2. The molecular formula is C17H19NO2. The molecule has 0 amide bonds. The number of hydrogen-bond acceptors (Lipinski definition) is 3. The van der Waals surface area contributed by atoms with E-state index in [-0.39, 0.29) is 12.1 Å². The van der Waals surface area contributed by atoms with Gasteiger partial charge in [0.1, 0.15) is 17.6 Å². The molecule has 3 rings (SSSR count). The minimum atomic E-state index is -0.111. The first-order chi connectivity index (χ1) is 9.67. The summed E-state index contributed by atoms with van der Waals surface area (Å²) in [5.41, 5.74) is 9.88. The molecule has 0 aliphatic heterocycles. The van der Waals surface area contributed by atoms with E-state index in [4.69, 9.17) is 15.2 Å². The second kappa shape index (κ2) is 5.17. The van der Waals surface area contributed by atoms with Crippen LogP contribution in [0.5, 0.6) is 11.5 Å². The molecule has 0 spiro atoms. The molecule has 0 radical (unpaired) electrons. The van der Waals surface area contributed by atoms with Crippen LogP contribution in [0.1, 0.15) is 22.7 Å². The van der Waals surface area contributed by atoms with E-state index in [0.717, 1.165) is 23.5 Å². The molecule has 2 N–H and O–H groups in total. The molecule has 0 saturated carbocycles. The van der Waals surface area contributed by atoms with Gasteiger partial charge in [0.05, 0.1) is 13.2 Å². The van der Waals surface area contributed by atoms with Crippen LogP contribution in [0.25, 0.3) is 0 Å². The van der Waals surface area contributed by atoms with Gasteiger partial charge in [0.25, 0.3) is 0 Å². The number of nitrogens with two attached hydrogens (primary N) is 1. The van der Waals surface area contributed by atoms with Crippen LogP contribution in [-0.4, -0.2) is 13.2 Å². The molecule has 104 valence electrons. The van der Waals surface area contributed by atoms with Gasteiger partial charge in [-0.3, -0.25) is 0 Å². The fourth-order valence-electron chi connectivity index (χ4n) is 2.72. The van der Waals surface area contributed by atoms with Gasteiger partial charge in [0, 0.05) is 6.42 Å². The predicted octanol–water partition coefficient (Wildman–Crippen LogP) is 3.01. The maximum Gasteiger partial charge on any atom is 0.122 e. The zero-order valence-corrected chi connectivity index (χ0v) is 11.8. The van der Waals surface area contributed by atoms with Gasteiger partial charge in [0.2, 0.25) is 0 Å². The number of methoxy groups -OCH3 is 1. The van der Waals surface area contributed by atoms with E-state index >= 15 is 0 Å². The predicted molar refractivity (Wildman–Crippen MR) is 79.2 cm³/mol. The third-order valence-corrected chi connectivity index (χ3v) is 3.81. The summed E-state index contributed by atoms with van der Waals surface area (Å²) < 4.78 is 11.3. The van der Waals surface area contributed by atoms with Crippen molar-refractivity contribution in [3.8, 4) is 11.5 Å². The van der Waals surface area contributed by atoms with Gasteiger partial charge in [-0.2, -0.15) is 0 Å². The zero-order chi connectivity index (χ0) is 14.1. The Morgan fingerprint density at radius 2 is 1.95 bits per heavy atom. The van der Waals surface area contributed by atoms with E-state index in [1.807, 2.05) is 30.3 Å². The lowest BCUT2D eigenvalue weighted by Crippen LogP contribution is -2.27. The van der Waals surface area contributed by atoms with Crippen LogP contribution in [0.15, 0.2) is 42.5 Å². The summed E-state index contributed by atoms with van der Waals surface area (Å²) in [4.78, 5) is 0. The Labute approximate surface area is 119 Å². The molecule has 20 heavy (non-hydrogen) atoms. The van der Waals surface area contributed by atoms with Crippen LogP contribution in [0.3, 0.4) is 0 Å². The van der Waals surface area contributed by atoms with Gasteiger partial charge in [-0.25, -0.2) is 0 Å². The Morgan fingerprint density at radius 3 is 2.70 bits per heavy atom. The second-order valence-corrected chi connectivity index (χ2v) is 5.27. The molecule has 0 heterocycles. The second-order valence-electron chi connectivity index (χ2n) is 5.27. The highest BCUT2D eigenvalue weighted by molar-refractivity contribution is 5.42. The van der Waals surface area contributed by atoms with Crippen molar-refractivity contribution in [2.75, 3.05) is 7.11 Å². The molecule has 1 aliphatic carbocycles. The van der Waals surface area contributed by atoms with Crippen molar-refractivity contribution in [3.05, 3.63) is 59.2 Å². The van der Waals surface area contributed by atoms with Gasteiger partial charge >= 0.3 is 0 Å². The standard InChI is InChI=1S/C17H19NO2/c1-11-4-3-5-14(8-11)20-16-9-12-6-7-13(19-2)10-15(12)17(16)18/h3-8,10,16-17H,9,18H2,1-2H3. The smallest absolute Gasteiger partial charge is 0.122 e. The Balaban J connectivity index is 1.81. The highest BCUT2D eigenvalue weighted by Gasteiger charge is 2.31. The molecular weight excluding hydrogens is 250 g/mol. The van der Waals surface area contributed by atoms with Gasteiger partial charge in [-0.15, -0.1) is 0 Å². The van der Waals surface area contributed by atoms with Crippen molar-refractivity contribution in [1.29, 1.82) is 0 Å². The van der Waals surface area contributed by atoms with Crippen LogP contribution in [0.4, 0.5) is 0 Å². The zero-order valence-electron chi connectivity index (χ0n) is 11.8. The fourth-order valence-corrected chi connectivity index (χ4v) is 2.72. The average Bonchev–Trinajstić information content (AvgIpc) is 2.75. The molecule has 0 saturated heterocycles. The first-order valence-corrected chi connectivity index (χ1v) is 6.83. The van der Waals surface area contributed by atoms with Gasteiger partial charge < -0.3 is 15.2 Å². The fraction of sp³-hybridized carbons (Fsp3) is 0.294. The maximum absolute atomic E-state index is 6.32. The molecule has 3 nitrogen and oxygen atoms in total. The molecule has 2 unspecified atom stereocenters. The lowest BCUT2D eigenvalue weighted by Gasteiger charge is -2.18. The summed E-state index contributed by atoms with van der Waals surface area (Å²) in [7, 11) is 1.67. The minimum Gasteiger partial charge on any atom is -0.497 e. The normalized spacial score (nSPS) is 20.6. The Kier molecular flexibility index (Phi) is 3.36. The molecule has 0 aromatic heterocycles. The van der Waals surface area contributed by atoms with Gasteiger partial charge in [-0.1, -0.05) is 18.2 Å². The Hall–Kier alpha value is -2.00. The lowest BCUT2D eigenvalue weighted by atomic mass is 10.1. The summed E-state index contributed by atoms with van der Waals surface area (Å²) in [5.74, 6) is 1.72. The van der Waals surface area contributed by atoms with Crippen LogP contribution >= 0.6 is 0 Å². The molecule has 2 atom stereocenters. The summed E-state index contributed by atoms with van der Waals surface area (Å²) in [6.45, 7) is 2.06. The van der Waals surface area contributed by atoms with Gasteiger partial charge in [-0.05, 0) is 47.9 Å². The molecule has 2 aromatic rings. The van der Waals surface area contributed by atoms with Crippen LogP contribution in [0, 0.1) is 6.92 Å². The number of aryl methyl sites for hydroxylation is 1. The first kappa shape index (κ1) is 13.0. The average molecular weight is 269 g/mol. The van der Waals surface area contributed by atoms with Gasteiger partial charge in [0.15, 0.2) is 0 Å². The topological polar surface area (TPSA) is 44.5 Å². The number of fused-ring (bicyclic) bond motifs is 1. The van der Waals surface area contributed by atoms with E-state index in [2.05, 4.69) is 19.1 Å². The summed E-state index contributed by atoms with van der Waals surface area (Å²) >= 11 is 0. The largest absolute Gasteiger partial charge is 0.497 e. The van der Waals surface area contributed by atoms with E-state index in [9.17, 15) is 0 Å². The third kappa shape index (κ3) is 2.37. The number of benzene rings is 2. The minimum absolute atomic E-state index is 0.0149. The Bertz CT molecular complexity index is 624. The number of hydrogen-bond donors (Lipinski definition) is 1.